The average Bonchev–Trinajstić information content (AvgIpc) is 2.38. The molecule has 0 fully saturated rings. The molecule has 0 aliphatic rings. The zero-order valence-electron chi connectivity index (χ0n) is 10.6. The molecule has 0 saturated carbocycles. The van der Waals surface area contributed by atoms with Crippen LogP contribution >= 0.6 is 12.4 Å². The molecule has 1 atom stereocenters. The first-order chi connectivity index (χ1) is 8.43. The SMILES string of the molecule is CCOC(=O)C(F)(F)[C@H](N)c1cccc(OC)c1.Cl. The fourth-order valence-electron chi connectivity index (χ4n) is 1.40. The number of halogens is 3. The maximum absolute atomic E-state index is 13.7. The lowest BCUT2D eigenvalue weighted by Crippen LogP contribution is -2.41. The predicted molar refractivity (Wildman–Crippen MR) is 68.8 cm³/mol. The molecule has 1 aromatic rings. The number of nitrogens with two attached hydrogens (primary N) is 1. The summed E-state index contributed by atoms with van der Waals surface area (Å²) in [5, 5.41) is 0. The van der Waals surface area contributed by atoms with E-state index >= 15 is 0 Å². The van der Waals surface area contributed by atoms with E-state index in [0.29, 0.717) is 5.75 Å². The lowest BCUT2D eigenvalue weighted by atomic mass is 10.0. The van der Waals surface area contributed by atoms with Crippen molar-refractivity contribution < 1.29 is 23.0 Å². The number of hydrogen-bond acceptors (Lipinski definition) is 4. The summed E-state index contributed by atoms with van der Waals surface area (Å²) in [6.45, 7) is 1.32. The van der Waals surface area contributed by atoms with Crippen molar-refractivity contribution in [3.05, 3.63) is 29.8 Å². The van der Waals surface area contributed by atoms with Gasteiger partial charge in [-0.2, -0.15) is 8.78 Å². The summed E-state index contributed by atoms with van der Waals surface area (Å²) in [5.74, 6) is -5.01. The van der Waals surface area contributed by atoms with Crippen molar-refractivity contribution in [1.82, 2.24) is 0 Å². The van der Waals surface area contributed by atoms with Gasteiger partial charge in [0.05, 0.1) is 13.7 Å². The van der Waals surface area contributed by atoms with Gasteiger partial charge in [0.2, 0.25) is 0 Å². The second-order valence-corrected chi connectivity index (χ2v) is 3.60. The van der Waals surface area contributed by atoms with Crippen molar-refractivity contribution in [1.29, 1.82) is 0 Å². The van der Waals surface area contributed by atoms with Crippen LogP contribution in [0.3, 0.4) is 0 Å². The standard InChI is InChI=1S/C12H15F2NO3.ClH/c1-3-18-11(16)12(13,14)10(15)8-5-4-6-9(7-8)17-2;/h4-7,10H,3,15H2,1-2H3;1H/t10-;/m1./s1. The third-order valence-corrected chi connectivity index (χ3v) is 2.39. The fraction of sp³-hybridized carbons (Fsp3) is 0.417. The third kappa shape index (κ3) is 4.04. The summed E-state index contributed by atoms with van der Waals surface area (Å²) in [4.78, 5) is 11.2. The van der Waals surface area contributed by atoms with Crippen LogP contribution in [0.15, 0.2) is 24.3 Å². The summed E-state index contributed by atoms with van der Waals surface area (Å²) in [7, 11) is 1.41. The molecule has 1 rings (SSSR count). The summed E-state index contributed by atoms with van der Waals surface area (Å²) in [6.07, 6.45) is 0. The second kappa shape index (κ2) is 7.25. The maximum atomic E-state index is 13.7. The Hall–Kier alpha value is -1.40. The van der Waals surface area contributed by atoms with E-state index < -0.39 is 17.9 Å². The number of alkyl halides is 2. The van der Waals surface area contributed by atoms with Crippen molar-refractivity contribution in [2.45, 2.75) is 18.9 Å². The van der Waals surface area contributed by atoms with Gasteiger partial charge in [0.25, 0.3) is 0 Å². The minimum atomic E-state index is -3.78. The van der Waals surface area contributed by atoms with Gasteiger partial charge in [-0.25, -0.2) is 4.79 Å². The van der Waals surface area contributed by atoms with Crippen molar-refractivity contribution in [2.75, 3.05) is 13.7 Å². The fourth-order valence-corrected chi connectivity index (χ4v) is 1.40. The molecule has 0 aromatic heterocycles. The molecule has 19 heavy (non-hydrogen) atoms. The van der Waals surface area contributed by atoms with E-state index in [1.807, 2.05) is 0 Å². The molecule has 7 heteroatoms. The Labute approximate surface area is 116 Å². The number of hydrogen-bond donors (Lipinski definition) is 1. The number of methoxy groups -OCH3 is 1. The van der Waals surface area contributed by atoms with E-state index in [9.17, 15) is 13.6 Å². The van der Waals surface area contributed by atoms with E-state index in [1.165, 1.54) is 32.2 Å². The van der Waals surface area contributed by atoms with E-state index in [2.05, 4.69) is 4.74 Å². The molecular weight excluding hydrogens is 280 g/mol. The van der Waals surface area contributed by atoms with Gasteiger partial charge in [0, 0.05) is 0 Å². The lowest BCUT2D eigenvalue weighted by Gasteiger charge is -2.22. The van der Waals surface area contributed by atoms with Gasteiger partial charge in [-0.3, -0.25) is 0 Å². The lowest BCUT2D eigenvalue weighted by molar-refractivity contribution is -0.174. The molecule has 0 aliphatic heterocycles. The van der Waals surface area contributed by atoms with Gasteiger partial charge in [0.1, 0.15) is 11.8 Å². The van der Waals surface area contributed by atoms with Crippen molar-refractivity contribution in [2.24, 2.45) is 5.73 Å². The van der Waals surface area contributed by atoms with Crippen LogP contribution in [-0.4, -0.2) is 25.6 Å². The van der Waals surface area contributed by atoms with Gasteiger partial charge in [0.15, 0.2) is 0 Å². The molecule has 0 bridgehead atoms. The quantitative estimate of drug-likeness (QED) is 0.847. The first kappa shape index (κ1) is 17.6. The topological polar surface area (TPSA) is 61.5 Å². The number of benzene rings is 1. The Kier molecular flexibility index (Phi) is 6.72. The highest BCUT2D eigenvalue weighted by Gasteiger charge is 2.47. The molecule has 0 radical (unpaired) electrons. The molecule has 108 valence electrons. The van der Waals surface area contributed by atoms with Crippen LogP contribution in [0.25, 0.3) is 0 Å². The number of ether oxygens (including phenoxy) is 2. The molecule has 0 amide bonds. The maximum Gasteiger partial charge on any atom is 0.379 e. The number of rotatable bonds is 5. The van der Waals surface area contributed by atoms with E-state index in [1.54, 1.807) is 6.07 Å². The molecule has 2 N–H and O–H groups in total. The molecule has 0 unspecified atom stereocenters. The van der Waals surface area contributed by atoms with Gasteiger partial charge in [-0.05, 0) is 24.6 Å². The van der Waals surface area contributed by atoms with Crippen LogP contribution in [0.4, 0.5) is 8.78 Å². The van der Waals surface area contributed by atoms with Crippen LogP contribution in [0.5, 0.6) is 5.75 Å². The average molecular weight is 296 g/mol. The zero-order valence-corrected chi connectivity index (χ0v) is 11.4. The first-order valence-electron chi connectivity index (χ1n) is 5.38. The molecule has 0 saturated heterocycles. The number of esters is 1. The Morgan fingerprint density at radius 2 is 2.11 bits per heavy atom. The molecule has 0 aliphatic carbocycles. The minimum absolute atomic E-state index is 0. The van der Waals surface area contributed by atoms with Gasteiger partial charge in [-0.1, -0.05) is 12.1 Å². The van der Waals surface area contributed by atoms with Crippen molar-refractivity contribution in [3.8, 4) is 5.75 Å². The Morgan fingerprint density at radius 3 is 2.63 bits per heavy atom. The Balaban J connectivity index is 0.00000324. The Morgan fingerprint density at radius 1 is 1.47 bits per heavy atom. The summed E-state index contributed by atoms with van der Waals surface area (Å²) in [6, 6.07) is 4.11. The highest BCUT2D eigenvalue weighted by atomic mass is 35.5. The van der Waals surface area contributed by atoms with Crippen LogP contribution in [0, 0.1) is 0 Å². The highest BCUT2D eigenvalue weighted by Crippen LogP contribution is 2.31. The molecule has 4 nitrogen and oxygen atoms in total. The second-order valence-electron chi connectivity index (χ2n) is 3.60. The zero-order chi connectivity index (χ0) is 13.8. The molecular formula is C12H16ClF2NO3. The van der Waals surface area contributed by atoms with Gasteiger partial charge in [-0.15, -0.1) is 12.4 Å². The molecule has 0 heterocycles. The van der Waals surface area contributed by atoms with Crippen molar-refractivity contribution >= 4 is 18.4 Å². The monoisotopic (exact) mass is 295 g/mol. The van der Waals surface area contributed by atoms with Gasteiger partial charge < -0.3 is 15.2 Å². The van der Waals surface area contributed by atoms with Gasteiger partial charge >= 0.3 is 11.9 Å². The van der Waals surface area contributed by atoms with E-state index in [-0.39, 0.29) is 24.6 Å². The van der Waals surface area contributed by atoms with Crippen molar-refractivity contribution in [3.63, 3.8) is 0 Å². The largest absolute Gasteiger partial charge is 0.497 e. The summed E-state index contributed by atoms with van der Waals surface area (Å²) in [5.41, 5.74) is 5.53. The number of carbonyl (C=O) groups excluding carboxylic acids is 1. The third-order valence-electron chi connectivity index (χ3n) is 2.39. The van der Waals surface area contributed by atoms with Crippen LogP contribution in [-0.2, 0) is 9.53 Å². The van der Waals surface area contributed by atoms with E-state index in [0.717, 1.165) is 0 Å². The minimum Gasteiger partial charge on any atom is -0.497 e. The summed E-state index contributed by atoms with van der Waals surface area (Å²) >= 11 is 0. The highest BCUT2D eigenvalue weighted by molar-refractivity contribution is 5.85. The normalized spacial score (nSPS) is 12.3. The van der Waals surface area contributed by atoms with Crippen LogP contribution < -0.4 is 10.5 Å². The molecule has 0 spiro atoms. The van der Waals surface area contributed by atoms with E-state index in [4.69, 9.17) is 10.5 Å². The predicted octanol–water partition coefficient (Wildman–Crippen LogP) is 2.32. The molecule has 1 aromatic carbocycles. The Bertz CT molecular complexity index is 429. The smallest absolute Gasteiger partial charge is 0.379 e. The van der Waals surface area contributed by atoms with Crippen LogP contribution in [0.1, 0.15) is 18.5 Å². The number of carbonyl (C=O) groups is 1. The van der Waals surface area contributed by atoms with Crippen LogP contribution in [0.2, 0.25) is 0 Å². The first-order valence-corrected chi connectivity index (χ1v) is 5.38. The summed E-state index contributed by atoms with van der Waals surface area (Å²) < 4.78 is 36.6.